The van der Waals surface area contributed by atoms with Crippen LogP contribution in [0.4, 0.5) is 0 Å². The molecule has 0 fully saturated rings. The van der Waals surface area contributed by atoms with E-state index in [2.05, 4.69) is 9.97 Å². The summed E-state index contributed by atoms with van der Waals surface area (Å²) in [5.41, 5.74) is 0. The Morgan fingerprint density at radius 1 is 1.04 bits per heavy atom. The molecule has 3 aromatic rings. The Morgan fingerprint density at radius 2 is 1.69 bits per heavy atom. The van der Waals surface area contributed by atoms with Crippen LogP contribution in [-0.4, -0.2) is 33.4 Å². The fraction of sp³-hybridized carbons (Fsp3) is 0. The molecule has 0 aliphatic carbocycles. The van der Waals surface area contributed by atoms with Crippen molar-refractivity contribution in [2.75, 3.05) is 0 Å². The van der Waals surface area contributed by atoms with Crippen molar-refractivity contribution in [3.8, 4) is 0 Å². The zero-order valence-corrected chi connectivity index (χ0v) is 18.0. The van der Waals surface area contributed by atoms with Crippen LogP contribution in [0, 0.1) is 0 Å². The second kappa shape index (κ2) is 10.8. The predicted molar refractivity (Wildman–Crippen MR) is 90.8 cm³/mol. The molecule has 0 bridgehead atoms. The van der Waals surface area contributed by atoms with Crippen molar-refractivity contribution < 1.29 is 51.5 Å². The van der Waals surface area contributed by atoms with Gasteiger partial charge in [0.1, 0.15) is 5.03 Å². The predicted octanol–water partition coefficient (Wildman–Crippen LogP) is -0.888. The summed E-state index contributed by atoms with van der Waals surface area (Å²) < 4.78 is 44.4. The second-order valence-corrected chi connectivity index (χ2v) is 8.04. The van der Waals surface area contributed by atoms with Crippen LogP contribution in [0.5, 0.6) is 0 Å². The Labute approximate surface area is 179 Å². The van der Waals surface area contributed by atoms with Crippen LogP contribution in [0.25, 0.3) is 0 Å². The maximum absolute atomic E-state index is 12.1. The Hall–Kier alpha value is -1.27. The Kier molecular flexibility index (Phi) is 9.44. The molecule has 0 saturated heterocycles. The molecule has 3 heterocycles. The summed E-state index contributed by atoms with van der Waals surface area (Å²) in [6.45, 7) is 0. The molecule has 7 nitrogen and oxygen atoms in total. The van der Waals surface area contributed by atoms with Gasteiger partial charge in [-0.25, -0.2) is 18.4 Å². The number of aromatic nitrogens is 2. The third kappa shape index (κ3) is 5.88. The largest absolute Gasteiger partial charge is 1.00 e. The SMILES string of the molecule is O=Cc1sccc1S(=O)(=O)c1ccccn1.O=S([O-])c1ccccn1.[Na+]. The number of hydrogen-bond donors (Lipinski definition) is 0. The first-order chi connectivity index (χ1) is 12.0. The first-order valence-corrected chi connectivity index (χ1v) is 10.1. The molecule has 3 aromatic heterocycles. The van der Waals surface area contributed by atoms with Crippen LogP contribution in [0.1, 0.15) is 9.67 Å². The smallest absolute Gasteiger partial charge is 0.767 e. The molecule has 0 radical (unpaired) electrons. The summed E-state index contributed by atoms with van der Waals surface area (Å²) >= 11 is -1.09. The fourth-order valence-electron chi connectivity index (χ4n) is 1.68. The zero-order chi connectivity index (χ0) is 18.3. The van der Waals surface area contributed by atoms with E-state index < -0.39 is 20.9 Å². The normalized spacial score (nSPS) is 11.4. The summed E-state index contributed by atoms with van der Waals surface area (Å²) in [5.74, 6) is 0. The number of hydrogen-bond acceptors (Lipinski definition) is 8. The molecule has 0 aromatic carbocycles. The maximum atomic E-state index is 12.1. The Balaban J connectivity index is 0.000000290. The number of pyridine rings is 2. The first-order valence-electron chi connectivity index (χ1n) is 6.66. The van der Waals surface area contributed by atoms with Crippen LogP contribution >= 0.6 is 11.3 Å². The van der Waals surface area contributed by atoms with E-state index in [9.17, 15) is 22.0 Å². The van der Waals surface area contributed by atoms with Crippen molar-refractivity contribution in [1.29, 1.82) is 0 Å². The average Bonchev–Trinajstić information content (AvgIpc) is 3.13. The van der Waals surface area contributed by atoms with Gasteiger partial charge >= 0.3 is 29.6 Å². The van der Waals surface area contributed by atoms with E-state index in [0.717, 1.165) is 11.3 Å². The van der Waals surface area contributed by atoms with Gasteiger partial charge in [0.25, 0.3) is 0 Å². The molecule has 0 aliphatic rings. The molecule has 11 heteroatoms. The van der Waals surface area contributed by atoms with E-state index in [4.69, 9.17) is 0 Å². The number of nitrogens with zero attached hydrogens (tertiary/aromatic N) is 2. The molecule has 0 spiro atoms. The molecule has 26 heavy (non-hydrogen) atoms. The van der Waals surface area contributed by atoms with Crippen LogP contribution in [0.15, 0.2) is 75.2 Å². The van der Waals surface area contributed by atoms with E-state index in [1.165, 1.54) is 30.6 Å². The minimum Gasteiger partial charge on any atom is -0.767 e. The Morgan fingerprint density at radius 3 is 2.15 bits per heavy atom. The van der Waals surface area contributed by atoms with Gasteiger partial charge in [0, 0.05) is 12.4 Å². The van der Waals surface area contributed by atoms with E-state index in [0.29, 0.717) is 6.29 Å². The van der Waals surface area contributed by atoms with Crippen LogP contribution in [-0.2, 0) is 20.9 Å². The summed E-state index contributed by atoms with van der Waals surface area (Å²) in [7, 11) is -3.67. The van der Waals surface area contributed by atoms with E-state index >= 15 is 0 Å². The monoisotopic (exact) mass is 418 g/mol. The van der Waals surface area contributed by atoms with Crippen molar-refractivity contribution in [2.24, 2.45) is 0 Å². The molecule has 0 saturated carbocycles. The molecule has 0 aliphatic heterocycles. The number of thiophene rings is 1. The molecule has 0 N–H and O–H groups in total. The molecule has 1 unspecified atom stereocenters. The molecule has 1 atom stereocenters. The van der Waals surface area contributed by atoms with Gasteiger partial charge in [-0.3, -0.25) is 9.00 Å². The van der Waals surface area contributed by atoms with Gasteiger partial charge in [-0.15, -0.1) is 11.3 Å². The van der Waals surface area contributed by atoms with Crippen molar-refractivity contribution in [3.63, 3.8) is 0 Å². The van der Waals surface area contributed by atoms with Gasteiger partial charge in [-0.05, 0) is 46.8 Å². The number of aldehydes is 1. The van der Waals surface area contributed by atoms with Gasteiger partial charge in [-0.2, -0.15) is 0 Å². The van der Waals surface area contributed by atoms with Crippen molar-refractivity contribution in [1.82, 2.24) is 9.97 Å². The van der Waals surface area contributed by atoms with Crippen molar-refractivity contribution in [3.05, 3.63) is 65.1 Å². The third-order valence-electron chi connectivity index (χ3n) is 2.78. The third-order valence-corrected chi connectivity index (χ3v) is 6.06. The first kappa shape index (κ1) is 22.8. The van der Waals surface area contributed by atoms with Crippen LogP contribution < -0.4 is 29.6 Å². The van der Waals surface area contributed by atoms with Gasteiger partial charge < -0.3 is 4.55 Å². The summed E-state index contributed by atoms with van der Waals surface area (Å²) in [6, 6.07) is 10.8. The maximum Gasteiger partial charge on any atom is 1.00 e. The summed E-state index contributed by atoms with van der Waals surface area (Å²) in [6.07, 6.45) is 3.38. The van der Waals surface area contributed by atoms with Crippen LogP contribution in [0.3, 0.4) is 0 Å². The van der Waals surface area contributed by atoms with E-state index in [1.807, 2.05) is 0 Å². The standard InChI is InChI=1S/C10H7NO3S2.C5H5NO2S.Na/c12-7-8-9(4-6-15-8)16(13,14)10-3-1-2-5-11-10;7-9(8)5-3-1-2-4-6-5;/h1-7H;1-4H,(H,7,8);/q;;+1/p-1. The van der Waals surface area contributed by atoms with E-state index in [-0.39, 0.29) is 49.4 Å². The fourth-order valence-corrected chi connectivity index (χ4v) is 4.41. The molecular formula is C15H11N2NaO5S3. The minimum absolute atomic E-state index is 0. The number of sulfone groups is 1. The van der Waals surface area contributed by atoms with Gasteiger partial charge in [0.15, 0.2) is 11.3 Å². The molecular weight excluding hydrogens is 407 g/mol. The number of rotatable bonds is 4. The van der Waals surface area contributed by atoms with Gasteiger partial charge in [0.05, 0.1) is 9.77 Å². The second-order valence-electron chi connectivity index (χ2n) is 4.34. The molecule has 3 rings (SSSR count). The van der Waals surface area contributed by atoms with Gasteiger partial charge in [0.2, 0.25) is 9.84 Å². The summed E-state index contributed by atoms with van der Waals surface area (Å²) in [4.78, 5) is 18.3. The van der Waals surface area contributed by atoms with Crippen molar-refractivity contribution in [2.45, 2.75) is 14.9 Å². The molecule has 130 valence electrons. The average molecular weight is 418 g/mol. The Bertz CT molecular complexity index is 963. The van der Waals surface area contributed by atoms with Crippen LogP contribution in [0.2, 0.25) is 0 Å². The quantitative estimate of drug-likeness (QED) is 0.307. The molecule has 0 amide bonds. The zero-order valence-electron chi connectivity index (χ0n) is 13.5. The number of carbonyl (C=O) groups is 1. The number of carbonyl (C=O) groups excluding carboxylic acids is 1. The minimum atomic E-state index is -3.67. The van der Waals surface area contributed by atoms with Crippen molar-refractivity contribution >= 4 is 38.5 Å². The van der Waals surface area contributed by atoms with E-state index in [1.54, 1.807) is 29.6 Å². The summed E-state index contributed by atoms with van der Waals surface area (Å²) in [5, 5.41) is 1.61. The van der Waals surface area contributed by atoms with Gasteiger partial charge in [-0.1, -0.05) is 12.1 Å². The topological polar surface area (TPSA) is 117 Å².